The second-order valence-electron chi connectivity index (χ2n) is 5.88. The highest BCUT2D eigenvalue weighted by molar-refractivity contribution is 8.15. The Bertz CT molecular complexity index is 1060. The normalized spacial score (nSPS) is 17.4. The van der Waals surface area contributed by atoms with E-state index in [4.69, 9.17) is 16.7 Å². The first-order valence-corrected chi connectivity index (χ1v) is 10.4. The van der Waals surface area contributed by atoms with Gasteiger partial charge in [-0.3, -0.25) is 19.7 Å². The molecule has 1 atom stereocenters. The van der Waals surface area contributed by atoms with Crippen molar-refractivity contribution in [1.29, 1.82) is 0 Å². The highest BCUT2D eigenvalue weighted by Crippen LogP contribution is 2.32. The summed E-state index contributed by atoms with van der Waals surface area (Å²) in [7, 11) is 0. The fourth-order valence-electron chi connectivity index (χ4n) is 2.36. The first kappa shape index (κ1) is 21.8. The van der Waals surface area contributed by atoms with Gasteiger partial charge in [-0.1, -0.05) is 35.1 Å². The van der Waals surface area contributed by atoms with Gasteiger partial charge in [-0.05, 0) is 30.3 Å². The Morgan fingerprint density at radius 1 is 1.33 bits per heavy atom. The van der Waals surface area contributed by atoms with Gasteiger partial charge < -0.3 is 10.4 Å². The zero-order valence-corrected chi connectivity index (χ0v) is 17.4. The number of nitro groups is 1. The molecular weight excluding hydrogens is 452 g/mol. The number of halogens is 1. The molecule has 1 aliphatic rings. The van der Waals surface area contributed by atoms with Gasteiger partial charge in [0.05, 0.1) is 17.6 Å². The Labute approximate surface area is 183 Å². The Morgan fingerprint density at radius 2 is 2.07 bits per heavy atom. The molecule has 0 aliphatic carbocycles. The molecule has 0 spiro atoms. The van der Waals surface area contributed by atoms with E-state index in [9.17, 15) is 19.7 Å². The molecule has 2 aromatic rings. The zero-order chi connectivity index (χ0) is 21.7. The number of aliphatic carboxylic acids is 1. The Balaban J connectivity index is 1.81. The Hall–Kier alpha value is -2.89. The van der Waals surface area contributed by atoms with Gasteiger partial charge in [0.1, 0.15) is 5.25 Å². The lowest BCUT2D eigenvalue weighted by Crippen LogP contribution is -2.26. The number of carbonyl (C=O) groups excluding carboxylic acids is 1. The molecule has 0 aromatic heterocycles. The third-order valence-corrected chi connectivity index (χ3v) is 6.15. The number of carboxylic acids is 1. The lowest BCUT2D eigenvalue weighted by molar-refractivity contribution is -0.384. The summed E-state index contributed by atoms with van der Waals surface area (Å²) < 4.78 is 0. The minimum absolute atomic E-state index is 0.102. The number of carboxylic acid groups (broad SMARTS) is 1. The van der Waals surface area contributed by atoms with Crippen molar-refractivity contribution in [3.8, 4) is 0 Å². The summed E-state index contributed by atoms with van der Waals surface area (Å²) in [6, 6.07) is 11.5. The molecule has 1 unspecified atom stereocenters. The molecule has 0 bridgehead atoms. The summed E-state index contributed by atoms with van der Waals surface area (Å²) in [5, 5.41) is 30.2. The van der Waals surface area contributed by atoms with E-state index < -0.39 is 22.0 Å². The number of hydrogen-bond acceptors (Lipinski definition) is 8. The van der Waals surface area contributed by atoms with Crippen LogP contribution in [0.4, 0.5) is 5.69 Å². The smallest absolute Gasteiger partial charge is 0.305 e. The minimum atomic E-state index is -1.09. The van der Waals surface area contributed by atoms with E-state index in [0.717, 1.165) is 16.7 Å². The molecule has 30 heavy (non-hydrogen) atoms. The van der Waals surface area contributed by atoms with Crippen LogP contribution >= 0.6 is 35.1 Å². The number of benzene rings is 2. The molecule has 1 aliphatic heterocycles. The van der Waals surface area contributed by atoms with Crippen LogP contribution in [-0.2, 0) is 9.59 Å². The van der Waals surface area contributed by atoms with Gasteiger partial charge in [0.25, 0.3) is 5.69 Å². The molecule has 1 amide bonds. The largest absolute Gasteiger partial charge is 0.481 e. The van der Waals surface area contributed by atoms with Crippen LogP contribution in [0.3, 0.4) is 0 Å². The first-order chi connectivity index (χ1) is 14.3. The van der Waals surface area contributed by atoms with E-state index in [1.165, 1.54) is 30.1 Å². The maximum absolute atomic E-state index is 11.7. The number of amides is 1. The van der Waals surface area contributed by atoms with Crippen LogP contribution in [0, 0.1) is 10.1 Å². The van der Waals surface area contributed by atoms with Crippen molar-refractivity contribution < 1.29 is 19.6 Å². The molecule has 1 saturated heterocycles. The van der Waals surface area contributed by atoms with E-state index in [2.05, 4.69) is 15.5 Å². The van der Waals surface area contributed by atoms with Crippen molar-refractivity contribution in [3.63, 3.8) is 0 Å². The highest BCUT2D eigenvalue weighted by atomic mass is 35.5. The number of amidine groups is 1. The summed E-state index contributed by atoms with van der Waals surface area (Å²) in [4.78, 5) is 34.7. The maximum atomic E-state index is 11.7. The fourth-order valence-corrected chi connectivity index (χ4v) is 4.29. The van der Waals surface area contributed by atoms with Gasteiger partial charge >= 0.3 is 5.97 Å². The number of rotatable bonds is 7. The molecular formula is C18H13ClN4O5S2. The summed E-state index contributed by atoms with van der Waals surface area (Å²) in [6.45, 7) is 0. The van der Waals surface area contributed by atoms with Crippen LogP contribution in [0.25, 0.3) is 0 Å². The van der Waals surface area contributed by atoms with Gasteiger partial charge in [-0.15, -0.1) is 5.10 Å². The van der Waals surface area contributed by atoms with Gasteiger partial charge in [-0.2, -0.15) is 5.10 Å². The van der Waals surface area contributed by atoms with Crippen LogP contribution < -0.4 is 5.32 Å². The summed E-state index contributed by atoms with van der Waals surface area (Å²) in [6.07, 6.45) is 1.02. The number of nitrogens with zero attached hydrogens (tertiary/aromatic N) is 3. The number of non-ortho nitro benzene ring substituents is 1. The van der Waals surface area contributed by atoms with Crippen molar-refractivity contribution in [3.05, 3.63) is 63.2 Å². The lowest BCUT2D eigenvalue weighted by atomic mass is 10.2. The number of carbonyl (C=O) groups is 2. The lowest BCUT2D eigenvalue weighted by Gasteiger charge is -2.05. The first-order valence-electron chi connectivity index (χ1n) is 8.34. The predicted octanol–water partition coefficient (Wildman–Crippen LogP) is 3.80. The second-order valence-corrected chi connectivity index (χ2v) is 8.62. The molecule has 3 rings (SSSR count). The standard InChI is InChI=1S/C18H13ClN4O5S2/c19-11-1-4-13(5-2-11)29-14-6-3-12(23(27)28)7-10(14)9-20-22-18-21-17(26)15(30-18)8-16(24)25/h1-7,9,15H,8H2,(H,24,25)(H,21,22,26). The molecule has 12 heteroatoms. The fraction of sp³-hybridized carbons (Fsp3) is 0.111. The Morgan fingerprint density at radius 3 is 2.73 bits per heavy atom. The molecule has 1 fully saturated rings. The van der Waals surface area contributed by atoms with Crippen molar-refractivity contribution in [2.45, 2.75) is 21.5 Å². The van der Waals surface area contributed by atoms with Crippen molar-refractivity contribution >= 4 is 64.1 Å². The number of hydrogen-bond donors (Lipinski definition) is 2. The molecule has 9 nitrogen and oxygen atoms in total. The molecule has 0 radical (unpaired) electrons. The average molecular weight is 465 g/mol. The summed E-state index contributed by atoms with van der Waals surface area (Å²) >= 11 is 8.24. The number of thioether (sulfide) groups is 1. The SMILES string of the molecule is O=C(O)CC1SC(=NN=Cc2cc([N+](=O)[O-])ccc2Sc2ccc(Cl)cc2)NC1=O. The van der Waals surface area contributed by atoms with E-state index in [1.807, 2.05) is 12.1 Å². The van der Waals surface area contributed by atoms with Crippen LogP contribution in [0.2, 0.25) is 5.02 Å². The molecule has 0 saturated carbocycles. The van der Waals surface area contributed by atoms with Gasteiger partial charge in [0.2, 0.25) is 5.91 Å². The van der Waals surface area contributed by atoms with E-state index >= 15 is 0 Å². The van der Waals surface area contributed by atoms with Crippen LogP contribution in [0.5, 0.6) is 0 Å². The monoisotopic (exact) mass is 464 g/mol. The Kier molecular flexibility index (Phi) is 7.08. The third kappa shape index (κ3) is 5.81. The van der Waals surface area contributed by atoms with E-state index in [1.54, 1.807) is 18.2 Å². The van der Waals surface area contributed by atoms with Gasteiger partial charge in [0.15, 0.2) is 5.17 Å². The van der Waals surface area contributed by atoms with Crippen LogP contribution in [0.1, 0.15) is 12.0 Å². The summed E-state index contributed by atoms with van der Waals surface area (Å²) in [5.74, 6) is -1.54. The van der Waals surface area contributed by atoms with Crippen molar-refractivity contribution in [2.75, 3.05) is 0 Å². The van der Waals surface area contributed by atoms with Crippen molar-refractivity contribution in [1.82, 2.24) is 5.32 Å². The number of nitro benzene ring substituents is 1. The second kappa shape index (κ2) is 9.74. The quantitative estimate of drug-likeness (QED) is 0.361. The van der Waals surface area contributed by atoms with Crippen molar-refractivity contribution in [2.24, 2.45) is 10.2 Å². The van der Waals surface area contributed by atoms with E-state index in [0.29, 0.717) is 15.5 Å². The topological polar surface area (TPSA) is 134 Å². The summed E-state index contributed by atoms with van der Waals surface area (Å²) in [5.41, 5.74) is 0.361. The van der Waals surface area contributed by atoms with Crippen LogP contribution in [-0.4, -0.2) is 38.5 Å². The third-order valence-electron chi connectivity index (χ3n) is 3.73. The minimum Gasteiger partial charge on any atom is -0.481 e. The zero-order valence-electron chi connectivity index (χ0n) is 15.0. The molecule has 2 aromatic carbocycles. The van der Waals surface area contributed by atoms with E-state index in [-0.39, 0.29) is 17.3 Å². The molecule has 1 heterocycles. The maximum Gasteiger partial charge on any atom is 0.305 e. The van der Waals surface area contributed by atoms with Gasteiger partial charge in [-0.25, -0.2) is 0 Å². The average Bonchev–Trinajstić information content (AvgIpc) is 3.03. The number of nitrogens with one attached hydrogen (secondary N) is 1. The highest BCUT2D eigenvalue weighted by Gasteiger charge is 2.32. The predicted molar refractivity (Wildman–Crippen MR) is 115 cm³/mol. The molecule has 2 N–H and O–H groups in total. The van der Waals surface area contributed by atoms with Gasteiger partial charge in [0, 0.05) is 32.5 Å². The molecule has 154 valence electrons. The van der Waals surface area contributed by atoms with Crippen LogP contribution in [0.15, 0.2) is 62.5 Å².